The number of halogens is 2. The lowest BCUT2D eigenvalue weighted by Crippen LogP contribution is -2.31. The van der Waals surface area contributed by atoms with Gasteiger partial charge in [0.1, 0.15) is 23.0 Å². The second-order valence-corrected chi connectivity index (χ2v) is 11.8. The van der Waals surface area contributed by atoms with Gasteiger partial charge < -0.3 is 14.9 Å². The van der Waals surface area contributed by atoms with Crippen LogP contribution >= 0.6 is 0 Å². The van der Waals surface area contributed by atoms with E-state index in [1.54, 1.807) is 30.5 Å². The number of fused-ring (bicyclic) bond motifs is 1. The van der Waals surface area contributed by atoms with Gasteiger partial charge in [-0.05, 0) is 73.9 Å². The van der Waals surface area contributed by atoms with Gasteiger partial charge in [0, 0.05) is 37.1 Å². The number of nitrogens with zero attached hydrogens (tertiary/aromatic N) is 4. The number of carbonyl (C=O) groups is 1. The first-order chi connectivity index (χ1) is 19.2. The lowest BCUT2D eigenvalue weighted by Gasteiger charge is -2.27. The van der Waals surface area contributed by atoms with Gasteiger partial charge in [0.25, 0.3) is 15.9 Å². The highest BCUT2D eigenvalue weighted by molar-refractivity contribution is 7.90. The highest BCUT2D eigenvalue weighted by Crippen LogP contribution is 2.37. The summed E-state index contributed by atoms with van der Waals surface area (Å²) in [6.07, 6.45) is 4.58. The molecule has 40 heavy (non-hydrogen) atoms. The number of hydrogen-bond donors (Lipinski definition) is 2. The van der Waals surface area contributed by atoms with E-state index in [1.165, 1.54) is 28.8 Å². The van der Waals surface area contributed by atoms with Gasteiger partial charge in [0.2, 0.25) is 0 Å². The Bertz CT molecular complexity index is 1690. The molecule has 0 spiro atoms. The Balaban J connectivity index is 1.24. The maximum absolute atomic E-state index is 14.6. The molecule has 0 saturated carbocycles. The van der Waals surface area contributed by atoms with Crippen LogP contribution in [0.25, 0.3) is 5.65 Å². The number of pyridine rings is 1. The van der Waals surface area contributed by atoms with Crippen molar-refractivity contribution in [3.63, 3.8) is 0 Å². The van der Waals surface area contributed by atoms with Crippen molar-refractivity contribution in [1.29, 1.82) is 0 Å². The second-order valence-electron chi connectivity index (χ2n) is 10.1. The first kappa shape index (κ1) is 26.2. The number of hydrogen-bond acceptors (Lipinski definition) is 7. The van der Waals surface area contributed by atoms with E-state index in [2.05, 4.69) is 9.71 Å². The summed E-state index contributed by atoms with van der Waals surface area (Å²) in [5.41, 5.74) is 2.15. The number of imidazole rings is 1. The minimum absolute atomic E-state index is 0.00998. The van der Waals surface area contributed by atoms with Crippen molar-refractivity contribution in [2.75, 3.05) is 29.4 Å². The fourth-order valence-corrected chi connectivity index (χ4v) is 6.48. The molecule has 4 heterocycles. The minimum atomic E-state index is -4.18. The summed E-state index contributed by atoms with van der Waals surface area (Å²) >= 11 is 0. The molecule has 4 aromatic rings. The van der Waals surface area contributed by atoms with E-state index in [0.717, 1.165) is 24.2 Å². The van der Waals surface area contributed by atoms with Gasteiger partial charge in [-0.15, -0.1) is 0 Å². The zero-order chi connectivity index (χ0) is 28.0. The van der Waals surface area contributed by atoms with Gasteiger partial charge in [-0.2, -0.15) is 0 Å². The zero-order valence-corrected chi connectivity index (χ0v) is 22.2. The van der Waals surface area contributed by atoms with Crippen LogP contribution in [0.3, 0.4) is 0 Å². The molecule has 0 aliphatic carbocycles. The standard InChI is InChI=1S/C28H27F2N5O4S/c29-18-3-9-24(30)23(14-18)25-2-1-12-34(25)20-6-10-27-31-15-26(35(27)16-20)28(37)32-40(38,39)22-7-4-19(5-8-22)33-13-11-21(36)17-33/h3-10,14-16,21,25,36H,1-2,11-13,17H2,(H,32,37). The molecule has 2 unspecified atom stereocenters. The Morgan fingerprint density at radius 3 is 2.52 bits per heavy atom. The summed E-state index contributed by atoms with van der Waals surface area (Å²) in [6, 6.07) is 12.6. The van der Waals surface area contributed by atoms with Crippen molar-refractivity contribution >= 4 is 33.0 Å². The molecule has 2 aliphatic rings. The van der Waals surface area contributed by atoms with E-state index in [-0.39, 0.29) is 22.2 Å². The van der Waals surface area contributed by atoms with E-state index in [0.29, 0.717) is 43.8 Å². The predicted octanol–water partition coefficient (Wildman–Crippen LogP) is 3.64. The number of aromatic nitrogens is 2. The molecule has 0 radical (unpaired) electrons. The summed E-state index contributed by atoms with van der Waals surface area (Å²) in [5.74, 6) is -1.86. The molecule has 2 N–H and O–H groups in total. The Labute approximate surface area is 229 Å². The number of nitrogens with one attached hydrogen (secondary N) is 1. The number of aliphatic hydroxyl groups is 1. The molecule has 2 aromatic heterocycles. The van der Waals surface area contributed by atoms with Gasteiger partial charge in [-0.1, -0.05) is 0 Å². The van der Waals surface area contributed by atoms with E-state index < -0.39 is 33.7 Å². The molecule has 2 aliphatic heterocycles. The van der Waals surface area contributed by atoms with Crippen molar-refractivity contribution < 1.29 is 27.1 Å². The molecule has 2 aromatic carbocycles. The summed E-state index contributed by atoms with van der Waals surface area (Å²) in [4.78, 5) is 21.2. The zero-order valence-electron chi connectivity index (χ0n) is 21.4. The fraction of sp³-hybridized carbons (Fsp3) is 0.286. The topological polar surface area (TPSA) is 107 Å². The number of anilines is 2. The largest absolute Gasteiger partial charge is 0.391 e. The number of amides is 1. The highest BCUT2D eigenvalue weighted by atomic mass is 32.2. The van der Waals surface area contributed by atoms with E-state index in [4.69, 9.17) is 0 Å². The Morgan fingerprint density at radius 1 is 1.00 bits per heavy atom. The smallest absolute Gasteiger partial charge is 0.283 e. The van der Waals surface area contributed by atoms with Crippen LogP contribution < -0.4 is 14.5 Å². The van der Waals surface area contributed by atoms with Gasteiger partial charge in [0.05, 0.1) is 28.9 Å². The van der Waals surface area contributed by atoms with E-state index >= 15 is 0 Å². The van der Waals surface area contributed by atoms with E-state index in [1.807, 2.05) is 9.80 Å². The molecule has 2 atom stereocenters. The molecule has 6 rings (SSSR count). The third-order valence-electron chi connectivity index (χ3n) is 7.53. The summed E-state index contributed by atoms with van der Waals surface area (Å²) in [7, 11) is -4.18. The van der Waals surface area contributed by atoms with Crippen LogP contribution in [0.5, 0.6) is 0 Å². The fourth-order valence-electron chi connectivity index (χ4n) is 5.52. The van der Waals surface area contributed by atoms with Crippen LogP contribution in [-0.2, 0) is 10.0 Å². The second kappa shape index (κ2) is 10.2. The lowest BCUT2D eigenvalue weighted by molar-refractivity contribution is 0.0975. The lowest BCUT2D eigenvalue weighted by atomic mass is 10.0. The maximum atomic E-state index is 14.6. The Hall–Kier alpha value is -4.03. The normalized spacial score (nSPS) is 19.5. The predicted molar refractivity (Wildman–Crippen MR) is 145 cm³/mol. The van der Waals surface area contributed by atoms with Crippen LogP contribution in [0.15, 0.2) is 71.9 Å². The molecular weight excluding hydrogens is 540 g/mol. The van der Waals surface area contributed by atoms with Crippen LogP contribution in [0.4, 0.5) is 20.2 Å². The number of benzene rings is 2. The molecular formula is C28H27F2N5O4S. The third kappa shape index (κ3) is 4.88. The Kier molecular flexibility index (Phi) is 6.67. The van der Waals surface area contributed by atoms with Crippen molar-refractivity contribution in [3.05, 3.63) is 89.9 Å². The third-order valence-corrected chi connectivity index (χ3v) is 8.87. The van der Waals surface area contributed by atoms with Crippen molar-refractivity contribution in [1.82, 2.24) is 14.1 Å². The average molecular weight is 568 g/mol. The number of rotatable bonds is 6. The van der Waals surface area contributed by atoms with Gasteiger partial charge in [0.15, 0.2) is 0 Å². The van der Waals surface area contributed by atoms with E-state index in [9.17, 15) is 27.1 Å². The average Bonchev–Trinajstić information content (AvgIpc) is 3.69. The van der Waals surface area contributed by atoms with Crippen LogP contribution in [0, 0.1) is 11.6 Å². The molecule has 12 heteroatoms. The molecule has 0 bridgehead atoms. The number of carbonyl (C=O) groups excluding carboxylic acids is 1. The van der Waals surface area contributed by atoms with Crippen LogP contribution in [-0.4, -0.2) is 54.6 Å². The van der Waals surface area contributed by atoms with Gasteiger partial charge in [-0.3, -0.25) is 9.20 Å². The molecule has 2 fully saturated rings. The molecule has 9 nitrogen and oxygen atoms in total. The molecule has 2 saturated heterocycles. The maximum Gasteiger partial charge on any atom is 0.283 e. The SMILES string of the molecule is O=C(NS(=O)(=O)c1ccc(N2CCC(O)C2)cc1)c1cnc2ccc(N3CCCC3c3cc(F)ccc3F)cn12. The Morgan fingerprint density at radius 2 is 1.77 bits per heavy atom. The number of sulfonamides is 1. The molecule has 208 valence electrons. The number of β-amino-alcohol motifs (C(OH)–C–C–N with tert-alkyl or cyclic N) is 1. The van der Waals surface area contributed by atoms with Crippen molar-refractivity contribution in [3.8, 4) is 0 Å². The summed E-state index contributed by atoms with van der Waals surface area (Å²) in [6.45, 7) is 1.76. The van der Waals surface area contributed by atoms with Gasteiger partial charge in [-0.25, -0.2) is 26.9 Å². The monoisotopic (exact) mass is 567 g/mol. The minimum Gasteiger partial charge on any atom is -0.391 e. The number of aliphatic hydroxyl groups excluding tert-OH is 1. The van der Waals surface area contributed by atoms with Crippen molar-refractivity contribution in [2.24, 2.45) is 0 Å². The summed E-state index contributed by atoms with van der Waals surface area (Å²) < 4.78 is 58.1. The highest BCUT2D eigenvalue weighted by Gasteiger charge is 2.30. The first-order valence-electron chi connectivity index (χ1n) is 13.0. The van der Waals surface area contributed by atoms with Crippen LogP contribution in [0.1, 0.15) is 41.4 Å². The quantitative estimate of drug-likeness (QED) is 0.366. The van der Waals surface area contributed by atoms with Gasteiger partial charge >= 0.3 is 0 Å². The van der Waals surface area contributed by atoms with Crippen molar-refractivity contribution in [2.45, 2.75) is 36.3 Å². The molecule has 1 amide bonds. The van der Waals surface area contributed by atoms with Crippen LogP contribution in [0.2, 0.25) is 0 Å². The summed E-state index contributed by atoms with van der Waals surface area (Å²) in [5, 5.41) is 9.75. The first-order valence-corrected chi connectivity index (χ1v) is 14.5.